The molecule has 1 N–H and O–H groups in total. The molecule has 1 aliphatic heterocycles. The molecule has 116 valence electrons. The lowest BCUT2D eigenvalue weighted by molar-refractivity contribution is -0.132. The van der Waals surface area contributed by atoms with E-state index in [1.165, 1.54) is 5.56 Å². The third-order valence-electron chi connectivity index (χ3n) is 3.92. The fourth-order valence-electron chi connectivity index (χ4n) is 2.77. The van der Waals surface area contributed by atoms with E-state index in [1.54, 1.807) is 7.05 Å². The van der Waals surface area contributed by atoms with Crippen LogP contribution in [-0.2, 0) is 9.53 Å². The van der Waals surface area contributed by atoms with Crippen molar-refractivity contribution in [2.24, 2.45) is 0 Å². The highest BCUT2D eigenvalue weighted by Crippen LogP contribution is 2.22. The quantitative estimate of drug-likeness (QED) is 0.902. The Bertz CT molecular complexity index is 717. The van der Waals surface area contributed by atoms with Crippen LogP contribution in [0.3, 0.4) is 0 Å². The molecule has 3 rings (SSSR count). The highest BCUT2D eigenvalue weighted by Gasteiger charge is 2.26. The zero-order valence-electron chi connectivity index (χ0n) is 13.1. The predicted molar refractivity (Wildman–Crippen MR) is 85.0 cm³/mol. The first-order chi connectivity index (χ1) is 10.6. The number of pyridine rings is 2. The number of hydrogen-bond acceptors (Lipinski definition) is 5. The number of fused-ring (bicyclic) bond motifs is 1. The molecule has 0 aliphatic carbocycles. The van der Waals surface area contributed by atoms with Crippen molar-refractivity contribution in [3.05, 3.63) is 29.5 Å². The average Bonchev–Trinajstić information content (AvgIpc) is 2.53. The number of nitrogens with one attached hydrogen (secondary N) is 1. The van der Waals surface area contributed by atoms with Crippen LogP contribution in [0.1, 0.15) is 11.3 Å². The first-order valence-electron chi connectivity index (χ1n) is 7.41. The van der Waals surface area contributed by atoms with Gasteiger partial charge in [0, 0.05) is 24.7 Å². The molecule has 1 atom stereocenters. The van der Waals surface area contributed by atoms with E-state index in [-0.39, 0.29) is 5.91 Å². The number of morpholine rings is 1. The van der Waals surface area contributed by atoms with Crippen LogP contribution in [0.25, 0.3) is 11.0 Å². The predicted octanol–water partition coefficient (Wildman–Crippen LogP) is 1.20. The van der Waals surface area contributed by atoms with Crippen molar-refractivity contribution in [3.63, 3.8) is 0 Å². The second kappa shape index (κ2) is 5.88. The molecule has 0 spiro atoms. The molecular formula is C16H20N4O2. The van der Waals surface area contributed by atoms with Crippen molar-refractivity contribution in [3.8, 4) is 0 Å². The van der Waals surface area contributed by atoms with E-state index in [2.05, 4.69) is 33.2 Å². The van der Waals surface area contributed by atoms with Gasteiger partial charge in [-0.2, -0.15) is 0 Å². The molecular weight excluding hydrogens is 280 g/mol. The number of carbonyl (C=O) groups excluding carboxylic acids is 1. The van der Waals surface area contributed by atoms with Gasteiger partial charge in [0.05, 0.1) is 13.2 Å². The molecule has 1 unspecified atom stereocenters. The smallest absolute Gasteiger partial charge is 0.250 e. The lowest BCUT2D eigenvalue weighted by Gasteiger charge is -2.32. The minimum atomic E-state index is -0.455. The first-order valence-corrected chi connectivity index (χ1v) is 7.41. The summed E-state index contributed by atoms with van der Waals surface area (Å²) in [5.41, 5.74) is 2.88. The van der Waals surface area contributed by atoms with Gasteiger partial charge in [-0.05, 0) is 37.6 Å². The molecule has 6 heteroatoms. The van der Waals surface area contributed by atoms with E-state index in [4.69, 9.17) is 4.74 Å². The number of anilines is 1. The third-order valence-corrected chi connectivity index (χ3v) is 3.92. The van der Waals surface area contributed by atoms with E-state index in [1.807, 2.05) is 19.1 Å². The summed E-state index contributed by atoms with van der Waals surface area (Å²) >= 11 is 0. The summed E-state index contributed by atoms with van der Waals surface area (Å²) in [4.78, 5) is 23.0. The van der Waals surface area contributed by atoms with Crippen molar-refractivity contribution in [2.45, 2.75) is 20.0 Å². The summed E-state index contributed by atoms with van der Waals surface area (Å²) in [6.07, 6.45) is -0.455. The molecule has 0 bridgehead atoms. The van der Waals surface area contributed by atoms with Gasteiger partial charge in [0.1, 0.15) is 5.82 Å². The van der Waals surface area contributed by atoms with Crippen molar-refractivity contribution in [1.29, 1.82) is 0 Å². The molecule has 0 saturated carbocycles. The van der Waals surface area contributed by atoms with Gasteiger partial charge in [0.2, 0.25) is 0 Å². The van der Waals surface area contributed by atoms with E-state index in [9.17, 15) is 4.79 Å². The van der Waals surface area contributed by atoms with Crippen LogP contribution in [0.15, 0.2) is 18.2 Å². The Labute approximate surface area is 129 Å². The number of likely N-dealkylation sites (N-methyl/N-ethyl adjacent to an activating group) is 1. The number of amides is 1. The van der Waals surface area contributed by atoms with Crippen molar-refractivity contribution < 1.29 is 9.53 Å². The Balaban J connectivity index is 1.91. The van der Waals surface area contributed by atoms with Crippen LogP contribution in [0.2, 0.25) is 0 Å². The van der Waals surface area contributed by atoms with Crippen LogP contribution in [-0.4, -0.2) is 48.7 Å². The molecule has 1 saturated heterocycles. The number of nitrogens with zero attached hydrogens (tertiary/aromatic N) is 3. The average molecular weight is 300 g/mol. The highest BCUT2D eigenvalue weighted by molar-refractivity contribution is 5.82. The van der Waals surface area contributed by atoms with Gasteiger partial charge >= 0.3 is 0 Å². The molecule has 1 amide bonds. The maximum absolute atomic E-state index is 11.7. The van der Waals surface area contributed by atoms with E-state index >= 15 is 0 Å². The molecule has 6 nitrogen and oxygen atoms in total. The van der Waals surface area contributed by atoms with Gasteiger partial charge in [-0.25, -0.2) is 9.97 Å². The zero-order chi connectivity index (χ0) is 15.7. The lowest BCUT2D eigenvalue weighted by atomic mass is 10.1. The Morgan fingerprint density at radius 3 is 2.95 bits per heavy atom. The normalized spacial score (nSPS) is 18.5. The minimum absolute atomic E-state index is 0.102. The van der Waals surface area contributed by atoms with Crippen molar-refractivity contribution >= 4 is 22.8 Å². The molecule has 3 heterocycles. The monoisotopic (exact) mass is 300 g/mol. The third kappa shape index (κ3) is 2.74. The van der Waals surface area contributed by atoms with Crippen molar-refractivity contribution in [1.82, 2.24) is 15.3 Å². The standard InChI is InChI=1S/C16H20N4O2/c1-10-8-11(2)18-15-12(10)4-5-14(19-15)20-6-7-22-13(9-20)16(21)17-3/h4-5,8,13H,6-7,9H2,1-3H3,(H,17,21). The molecule has 1 aliphatic rings. The van der Waals surface area contributed by atoms with Crippen LogP contribution < -0.4 is 10.2 Å². The highest BCUT2D eigenvalue weighted by atomic mass is 16.5. The number of aryl methyl sites for hydroxylation is 2. The van der Waals surface area contributed by atoms with Gasteiger partial charge in [0.15, 0.2) is 11.8 Å². The second-order valence-electron chi connectivity index (χ2n) is 5.54. The maximum Gasteiger partial charge on any atom is 0.250 e. The lowest BCUT2D eigenvalue weighted by Crippen LogP contribution is -2.49. The summed E-state index contributed by atoms with van der Waals surface area (Å²) in [5, 5.41) is 3.69. The fraction of sp³-hybridized carbons (Fsp3) is 0.438. The molecule has 2 aromatic heterocycles. The Morgan fingerprint density at radius 1 is 1.36 bits per heavy atom. The molecule has 22 heavy (non-hydrogen) atoms. The van der Waals surface area contributed by atoms with Gasteiger partial charge in [-0.1, -0.05) is 0 Å². The van der Waals surface area contributed by atoms with E-state index in [0.717, 1.165) is 29.1 Å². The molecule has 1 fully saturated rings. The Hall–Kier alpha value is -2.21. The largest absolute Gasteiger partial charge is 0.365 e. The summed E-state index contributed by atoms with van der Waals surface area (Å²) in [6.45, 7) is 5.77. The Morgan fingerprint density at radius 2 is 2.18 bits per heavy atom. The van der Waals surface area contributed by atoms with Crippen molar-refractivity contribution in [2.75, 3.05) is 31.6 Å². The van der Waals surface area contributed by atoms with Gasteiger partial charge < -0.3 is 15.0 Å². The summed E-state index contributed by atoms with van der Waals surface area (Å²) < 4.78 is 5.51. The molecule has 0 aromatic carbocycles. The van der Waals surface area contributed by atoms with E-state index < -0.39 is 6.10 Å². The molecule has 0 radical (unpaired) electrons. The number of hydrogen-bond donors (Lipinski definition) is 1. The summed E-state index contributed by atoms with van der Waals surface area (Å²) in [6, 6.07) is 6.09. The second-order valence-corrected chi connectivity index (χ2v) is 5.54. The van der Waals surface area contributed by atoms with Crippen LogP contribution in [0.5, 0.6) is 0 Å². The Kier molecular flexibility index (Phi) is 3.94. The maximum atomic E-state index is 11.7. The van der Waals surface area contributed by atoms with Gasteiger partial charge in [-0.3, -0.25) is 4.79 Å². The van der Waals surface area contributed by atoms with Gasteiger partial charge in [0.25, 0.3) is 5.91 Å². The topological polar surface area (TPSA) is 67.4 Å². The fourth-order valence-corrected chi connectivity index (χ4v) is 2.77. The van der Waals surface area contributed by atoms with Gasteiger partial charge in [-0.15, -0.1) is 0 Å². The van der Waals surface area contributed by atoms with Crippen LogP contribution in [0.4, 0.5) is 5.82 Å². The minimum Gasteiger partial charge on any atom is -0.365 e. The van der Waals surface area contributed by atoms with Crippen LogP contribution in [0, 0.1) is 13.8 Å². The first kappa shape index (κ1) is 14.7. The summed E-state index contributed by atoms with van der Waals surface area (Å²) in [7, 11) is 1.62. The number of rotatable bonds is 2. The number of carbonyl (C=O) groups is 1. The number of aromatic nitrogens is 2. The SMILES string of the molecule is CNC(=O)C1CN(c2ccc3c(C)cc(C)nc3n2)CCO1. The number of ether oxygens (including phenoxy) is 1. The van der Waals surface area contributed by atoms with Crippen LogP contribution >= 0.6 is 0 Å². The summed E-state index contributed by atoms with van der Waals surface area (Å²) in [5.74, 6) is 0.734. The molecule has 2 aromatic rings. The zero-order valence-corrected chi connectivity index (χ0v) is 13.1. The van der Waals surface area contributed by atoms with E-state index in [0.29, 0.717) is 13.2 Å².